The Morgan fingerprint density at radius 1 is 1.60 bits per heavy atom. The average molecular weight is 139 g/mol. The minimum atomic E-state index is 0.264. The van der Waals surface area contributed by atoms with Gasteiger partial charge in [0.1, 0.15) is 0 Å². The van der Waals surface area contributed by atoms with E-state index in [9.17, 15) is 4.79 Å². The van der Waals surface area contributed by atoms with Gasteiger partial charge in [0.15, 0.2) is 0 Å². The van der Waals surface area contributed by atoms with Crippen LogP contribution in [0, 0.1) is 11.3 Å². The van der Waals surface area contributed by atoms with Crippen LogP contribution in [-0.2, 0) is 4.79 Å². The first kappa shape index (κ1) is 6.20. The Balaban J connectivity index is 2.17. The molecule has 1 amide bonds. The molecule has 1 aliphatic carbocycles. The van der Waals surface area contributed by atoms with Crippen LogP contribution in [0.15, 0.2) is 0 Å². The number of rotatable bonds is 0. The van der Waals surface area contributed by atoms with Crippen LogP contribution in [0.2, 0.25) is 0 Å². The molecule has 1 aliphatic heterocycles. The molecule has 1 saturated heterocycles. The van der Waals surface area contributed by atoms with Crippen LogP contribution >= 0.6 is 0 Å². The molecule has 2 fully saturated rings. The van der Waals surface area contributed by atoms with Crippen molar-refractivity contribution in [3.05, 3.63) is 0 Å². The van der Waals surface area contributed by atoms with Crippen LogP contribution in [0.5, 0.6) is 0 Å². The number of hydrogen-bond donors (Lipinski definition) is 1. The third-order valence-corrected chi connectivity index (χ3v) is 3.28. The lowest BCUT2D eigenvalue weighted by Gasteiger charge is -2.40. The van der Waals surface area contributed by atoms with Crippen molar-refractivity contribution in [3.8, 4) is 0 Å². The van der Waals surface area contributed by atoms with Gasteiger partial charge in [-0.2, -0.15) is 0 Å². The lowest BCUT2D eigenvalue weighted by molar-refractivity contribution is -0.124. The van der Waals surface area contributed by atoms with Gasteiger partial charge in [-0.1, -0.05) is 13.3 Å². The van der Waals surface area contributed by atoms with Crippen molar-refractivity contribution in [3.63, 3.8) is 0 Å². The molecule has 2 heteroatoms. The highest BCUT2D eigenvalue weighted by molar-refractivity contribution is 5.81. The van der Waals surface area contributed by atoms with Gasteiger partial charge in [0, 0.05) is 12.5 Å². The lowest BCUT2D eigenvalue weighted by Crippen LogP contribution is -2.36. The van der Waals surface area contributed by atoms with E-state index in [-0.39, 0.29) is 11.8 Å². The van der Waals surface area contributed by atoms with Crippen molar-refractivity contribution in [1.82, 2.24) is 5.32 Å². The predicted molar refractivity (Wildman–Crippen MR) is 38.5 cm³/mol. The largest absolute Gasteiger partial charge is 0.355 e. The number of hydrogen-bond acceptors (Lipinski definition) is 1. The molecule has 1 atom stereocenters. The molecule has 1 spiro atoms. The number of carbonyl (C=O) groups is 1. The predicted octanol–water partition coefficient (Wildman–Crippen LogP) is 0.923. The van der Waals surface area contributed by atoms with Gasteiger partial charge in [-0.15, -0.1) is 0 Å². The topological polar surface area (TPSA) is 29.1 Å². The van der Waals surface area contributed by atoms with Gasteiger partial charge in [0.25, 0.3) is 0 Å². The summed E-state index contributed by atoms with van der Waals surface area (Å²) in [5.41, 5.74) is 0.386. The van der Waals surface area contributed by atoms with Gasteiger partial charge < -0.3 is 5.32 Å². The molecule has 1 heterocycles. The second-order valence-electron chi connectivity index (χ2n) is 3.66. The summed E-state index contributed by atoms with van der Waals surface area (Å²) in [6.07, 6.45) is 3.83. The maximum absolute atomic E-state index is 11.1. The molecule has 2 nitrogen and oxygen atoms in total. The van der Waals surface area contributed by atoms with Crippen LogP contribution < -0.4 is 5.32 Å². The maximum atomic E-state index is 11.1. The number of nitrogens with one attached hydrogen (secondary N) is 1. The van der Waals surface area contributed by atoms with Crippen molar-refractivity contribution >= 4 is 5.91 Å². The van der Waals surface area contributed by atoms with E-state index in [1.165, 1.54) is 19.3 Å². The van der Waals surface area contributed by atoms with E-state index in [0.717, 1.165) is 6.54 Å². The first-order valence-corrected chi connectivity index (χ1v) is 4.02. The molecular formula is C8H13NO. The van der Waals surface area contributed by atoms with Crippen LogP contribution in [0.4, 0.5) is 0 Å². The molecule has 10 heavy (non-hydrogen) atoms. The summed E-state index contributed by atoms with van der Waals surface area (Å²) in [5, 5.41) is 2.92. The van der Waals surface area contributed by atoms with Gasteiger partial charge in [0.05, 0.1) is 0 Å². The van der Waals surface area contributed by atoms with Gasteiger partial charge in [-0.05, 0) is 18.3 Å². The Kier molecular flexibility index (Phi) is 1.08. The maximum Gasteiger partial charge on any atom is 0.223 e. The monoisotopic (exact) mass is 139 g/mol. The minimum absolute atomic E-state index is 0.264. The van der Waals surface area contributed by atoms with Gasteiger partial charge in [-0.25, -0.2) is 0 Å². The fourth-order valence-corrected chi connectivity index (χ4v) is 2.09. The zero-order valence-corrected chi connectivity index (χ0v) is 6.31. The van der Waals surface area contributed by atoms with E-state index in [4.69, 9.17) is 0 Å². The zero-order chi connectivity index (χ0) is 7.19. The Hall–Kier alpha value is -0.530. The molecule has 1 saturated carbocycles. The normalized spacial score (nSPS) is 35.7. The molecular weight excluding hydrogens is 126 g/mol. The van der Waals surface area contributed by atoms with E-state index in [0.29, 0.717) is 5.41 Å². The van der Waals surface area contributed by atoms with Crippen molar-refractivity contribution in [2.24, 2.45) is 11.3 Å². The van der Waals surface area contributed by atoms with Crippen molar-refractivity contribution in [1.29, 1.82) is 0 Å². The smallest absolute Gasteiger partial charge is 0.223 e. The molecule has 0 aromatic carbocycles. The molecule has 0 radical (unpaired) electrons. The van der Waals surface area contributed by atoms with E-state index < -0.39 is 0 Å². The van der Waals surface area contributed by atoms with Gasteiger partial charge >= 0.3 is 0 Å². The first-order chi connectivity index (χ1) is 4.75. The van der Waals surface area contributed by atoms with Crippen molar-refractivity contribution < 1.29 is 4.79 Å². The van der Waals surface area contributed by atoms with E-state index >= 15 is 0 Å². The fraction of sp³-hybridized carbons (Fsp3) is 0.875. The Bertz CT molecular complexity index is 172. The summed E-state index contributed by atoms with van der Waals surface area (Å²) in [4.78, 5) is 11.1. The van der Waals surface area contributed by atoms with E-state index in [1.54, 1.807) is 0 Å². The third-order valence-electron chi connectivity index (χ3n) is 3.28. The third kappa shape index (κ3) is 0.568. The summed E-state index contributed by atoms with van der Waals surface area (Å²) >= 11 is 0. The summed E-state index contributed by atoms with van der Waals surface area (Å²) < 4.78 is 0. The second-order valence-corrected chi connectivity index (χ2v) is 3.66. The van der Waals surface area contributed by atoms with Crippen molar-refractivity contribution in [2.45, 2.75) is 26.2 Å². The summed E-state index contributed by atoms with van der Waals surface area (Å²) in [5.74, 6) is 0.543. The first-order valence-electron chi connectivity index (χ1n) is 4.02. The highest BCUT2D eigenvalue weighted by atomic mass is 16.2. The molecule has 2 rings (SSSR count). The average Bonchev–Trinajstić information content (AvgIpc) is 2.10. The van der Waals surface area contributed by atoms with E-state index in [1.807, 2.05) is 0 Å². The standard InChI is InChI=1S/C8H13NO/c1-6-7(10)9-5-8(6)3-2-4-8/h6H,2-5H2,1H3,(H,9,10). The van der Waals surface area contributed by atoms with Crippen molar-refractivity contribution in [2.75, 3.05) is 6.54 Å². The van der Waals surface area contributed by atoms with Gasteiger partial charge in [0.2, 0.25) is 5.91 Å². The SMILES string of the molecule is CC1C(=O)NCC12CCC2. The van der Waals surface area contributed by atoms with Crippen LogP contribution in [0.3, 0.4) is 0 Å². The second kappa shape index (κ2) is 1.74. The number of carbonyl (C=O) groups excluding carboxylic acids is 1. The zero-order valence-electron chi connectivity index (χ0n) is 6.31. The van der Waals surface area contributed by atoms with Crippen LogP contribution in [0.1, 0.15) is 26.2 Å². The highest BCUT2D eigenvalue weighted by Gasteiger charge is 2.49. The van der Waals surface area contributed by atoms with Gasteiger partial charge in [-0.3, -0.25) is 4.79 Å². The molecule has 1 N–H and O–H groups in total. The van der Waals surface area contributed by atoms with Crippen LogP contribution in [-0.4, -0.2) is 12.5 Å². The molecule has 56 valence electrons. The molecule has 2 aliphatic rings. The quantitative estimate of drug-likeness (QED) is 0.531. The molecule has 0 aromatic heterocycles. The molecule has 0 bridgehead atoms. The Morgan fingerprint density at radius 2 is 2.30 bits per heavy atom. The Labute approximate surface area is 61.0 Å². The minimum Gasteiger partial charge on any atom is -0.355 e. The molecule has 1 unspecified atom stereocenters. The highest BCUT2D eigenvalue weighted by Crippen LogP contribution is 2.49. The fourth-order valence-electron chi connectivity index (χ4n) is 2.09. The molecule has 0 aromatic rings. The van der Waals surface area contributed by atoms with E-state index in [2.05, 4.69) is 12.2 Å². The lowest BCUT2D eigenvalue weighted by atomic mass is 9.63. The summed E-state index contributed by atoms with van der Waals surface area (Å²) in [6, 6.07) is 0. The number of amides is 1. The van der Waals surface area contributed by atoms with Crippen LogP contribution in [0.25, 0.3) is 0 Å². The summed E-state index contributed by atoms with van der Waals surface area (Å²) in [7, 11) is 0. The summed E-state index contributed by atoms with van der Waals surface area (Å²) in [6.45, 7) is 2.99. The Morgan fingerprint density at radius 3 is 2.50 bits per heavy atom.